The molecule has 0 spiro atoms. The van der Waals surface area contributed by atoms with Crippen molar-refractivity contribution in [3.8, 4) is 11.5 Å². The van der Waals surface area contributed by atoms with Crippen molar-refractivity contribution in [3.63, 3.8) is 0 Å². The zero-order chi connectivity index (χ0) is 17.6. The average Bonchev–Trinajstić information content (AvgIpc) is 2.62. The van der Waals surface area contributed by atoms with Gasteiger partial charge in [0.2, 0.25) is 0 Å². The third-order valence-corrected chi connectivity index (χ3v) is 4.43. The largest absolute Gasteiger partial charge is 0.493 e. The van der Waals surface area contributed by atoms with E-state index in [-0.39, 0.29) is 0 Å². The molecule has 1 atom stereocenters. The van der Waals surface area contributed by atoms with Gasteiger partial charge in [-0.3, -0.25) is 4.99 Å². The Balaban J connectivity index is 1.59. The van der Waals surface area contributed by atoms with Crippen LogP contribution in [0.3, 0.4) is 0 Å². The number of ether oxygens (including phenoxy) is 2. The molecule has 0 saturated carbocycles. The molecule has 0 aliphatic heterocycles. The van der Waals surface area contributed by atoms with Crippen molar-refractivity contribution < 1.29 is 9.47 Å². The molecule has 1 aliphatic carbocycles. The van der Waals surface area contributed by atoms with Crippen LogP contribution >= 0.6 is 0 Å². The first-order chi connectivity index (χ1) is 12.2. The smallest absolute Gasteiger partial charge is 0.195 e. The van der Waals surface area contributed by atoms with Crippen LogP contribution in [0.2, 0.25) is 0 Å². The molecule has 2 N–H and O–H groups in total. The van der Waals surface area contributed by atoms with E-state index >= 15 is 0 Å². The summed E-state index contributed by atoms with van der Waals surface area (Å²) in [6.45, 7) is 3.43. The second-order valence-corrected chi connectivity index (χ2v) is 5.98. The topological polar surface area (TPSA) is 54.9 Å². The zero-order valence-electron chi connectivity index (χ0n) is 15.0. The third kappa shape index (κ3) is 3.87. The highest BCUT2D eigenvalue weighted by Gasteiger charge is 2.25. The normalized spacial score (nSPS) is 15.8. The molecule has 0 amide bonds. The van der Waals surface area contributed by atoms with Gasteiger partial charge in [0.05, 0.1) is 13.7 Å². The summed E-state index contributed by atoms with van der Waals surface area (Å²) in [6.07, 6.45) is 1.12. The molecule has 0 radical (unpaired) electrons. The Morgan fingerprint density at radius 2 is 2.04 bits per heavy atom. The molecule has 3 rings (SSSR count). The van der Waals surface area contributed by atoms with Crippen LogP contribution < -0.4 is 20.1 Å². The lowest BCUT2D eigenvalue weighted by Crippen LogP contribution is -2.37. The van der Waals surface area contributed by atoms with Gasteiger partial charge < -0.3 is 20.1 Å². The summed E-state index contributed by atoms with van der Waals surface area (Å²) in [5, 5.41) is 6.71. The van der Waals surface area contributed by atoms with Gasteiger partial charge in [-0.15, -0.1) is 0 Å². The van der Waals surface area contributed by atoms with Crippen LogP contribution in [0.4, 0.5) is 5.69 Å². The molecule has 2 aromatic rings. The van der Waals surface area contributed by atoms with Gasteiger partial charge in [-0.1, -0.05) is 24.3 Å². The fourth-order valence-corrected chi connectivity index (χ4v) is 3.10. The fraction of sp³-hybridized carbons (Fsp3) is 0.350. The summed E-state index contributed by atoms with van der Waals surface area (Å²) in [5.41, 5.74) is 3.80. The maximum Gasteiger partial charge on any atom is 0.195 e. The number of benzene rings is 2. The van der Waals surface area contributed by atoms with Crippen LogP contribution in [-0.2, 0) is 6.42 Å². The van der Waals surface area contributed by atoms with E-state index in [1.165, 1.54) is 11.1 Å². The summed E-state index contributed by atoms with van der Waals surface area (Å²) < 4.78 is 10.9. The quantitative estimate of drug-likeness (QED) is 0.625. The number of anilines is 1. The van der Waals surface area contributed by atoms with E-state index < -0.39 is 0 Å². The summed E-state index contributed by atoms with van der Waals surface area (Å²) in [6, 6.07) is 14.4. The van der Waals surface area contributed by atoms with Crippen LogP contribution in [0.25, 0.3) is 0 Å². The number of fused-ring (bicyclic) bond motifs is 1. The Bertz CT molecular complexity index is 758. The van der Waals surface area contributed by atoms with Crippen molar-refractivity contribution in [1.82, 2.24) is 5.32 Å². The lowest BCUT2D eigenvalue weighted by atomic mass is 9.78. The number of aliphatic imine (C=N–C) groups is 1. The van der Waals surface area contributed by atoms with Crippen molar-refractivity contribution in [2.24, 2.45) is 4.99 Å². The van der Waals surface area contributed by atoms with Crippen molar-refractivity contribution in [3.05, 3.63) is 53.6 Å². The molecule has 25 heavy (non-hydrogen) atoms. The molecule has 2 aromatic carbocycles. The van der Waals surface area contributed by atoms with Gasteiger partial charge in [-0.25, -0.2) is 0 Å². The van der Waals surface area contributed by atoms with Crippen molar-refractivity contribution in [2.75, 3.05) is 32.6 Å². The fourth-order valence-electron chi connectivity index (χ4n) is 3.10. The number of nitrogens with zero attached hydrogens (tertiary/aromatic N) is 1. The van der Waals surface area contributed by atoms with Crippen molar-refractivity contribution in [2.45, 2.75) is 19.3 Å². The van der Waals surface area contributed by atoms with E-state index in [0.29, 0.717) is 18.3 Å². The first-order valence-corrected chi connectivity index (χ1v) is 8.61. The van der Waals surface area contributed by atoms with Gasteiger partial charge in [0, 0.05) is 31.3 Å². The lowest BCUT2D eigenvalue weighted by Gasteiger charge is -2.30. The molecule has 0 heterocycles. The van der Waals surface area contributed by atoms with Crippen LogP contribution in [0.15, 0.2) is 47.5 Å². The third-order valence-electron chi connectivity index (χ3n) is 4.43. The lowest BCUT2D eigenvalue weighted by molar-refractivity contribution is 0.311. The van der Waals surface area contributed by atoms with Crippen LogP contribution in [0, 0.1) is 0 Å². The maximum atomic E-state index is 5.55. The first kappa shape index (κ1) is 17.1. The molecule has 0 fully saturated rings. The monoisotopic (exact) mass is 339 g/mol. The number of methoxy groups -OCH3 is 1. The highest BCUT2D eigenvalue weighted by atomic mass is 16.5. The Hall–Kier alpha value is -2.69. The van der Waals surface area contributed by atoms with Gasteiger partial charge in [0.1, 0.15) is 0 Å². The molecular formula is C20H25N3O2. The van der Waals surface area contributed by atoms with Crippen LogP contribution in [-0.4, -0.2) is 33.3 Å². The van der Waals surface area contributed by atoms with E-state index in [4.69, 9.17) is 9.47 Å². The van der Waals surface area contributed by atoms with Crippen molar-refractivity contribution >= 4 is 11.6 Å². The minimum Gasteiger partial charge on any atom is -0.493 e. The Morgan fingerprint density at radius 3 is 2.76 bits per heavy atom. The molecule has 0 saturated heterocycles. The molecule has 5 heteroatoms. The van der Waals surface area contributed by atoms with E-state index in [9.17, 15) is 0 Å². The number of nitrogens with one attached hydrogen (secondary N) is 2. The predicted molar refractivity (Wildman–Crippen MR) is 102 cm³/mol. The van der Waals surface area contributed by atoms with E-state index in [1.54, 1.807) is 14.2 Å². The molecule has 0 bridgehead atoms. The van der Waals surface area contributed by atoms with Crippen LogP contribution in [0.1, 0.15) is 24.0 Å². The highest BCUT2D eigenvalue weighted by molar-refractivity contribution is 5.93. The molecule has 0 aromatic heterocycles. The second-order valence-electron chi connectivity index (χ2n) is 5.98. The standard InChI is InChI=1S/C20H25N3O2/c1-4-25-18-10-9-16(12-19(18)24-3)23-20(21-2)22-13-15-11-14-7-5-6-8-17(14)15/h5-10,12,15H,4,11,13H2,1-3H3,(H2,21,22,23). The van der Waals surface area contributed by atoms with Crippen molar-refractivity contribution in [1.29, 1.82) is 0 Å². The van der Waals surface area contributed by atoms with Gasteiger partial charge in [-0.05, 0) is 36.6 Å². The van der Waals surface area contributed by atoms with E-state index in [2.05, 4.69) is 39.9 Å². The number of guanidine groups is 1. The molecule has 132 valence electrons. The average molecular weight is 339 g/mol. The first-order valence-electron chi connectivity index (χ1n) is 8.61. The summed E-state index contributed by atoms with van der Waals surface area (Å²) >= 11 is 0. The van der Waals surface area contributed by atoms with Crippen LogP contribution in [0.5, 0.6) is 11.5 Å². The molecular weight excluding hydrogens is 314 g/mol. The Labute approximate surface area is 149 Å². The Morgan fingerprint density at radius 1 is 1.20 bits per heavy atom. The maximum absolute atomic E-state index is 5.55. The summed E-state index contributed by atoms with van der Waals surface area (Å²) in [4.78, 5) is 4.31. The molecule has 1 aliphatic rings. The van der Waals surface area contributed by atoms with Gasteiger partial charge in [0.15, 0.2) is 17.5 Å². The van der Waals surface area contributed by atoms with Gasteiger partial charge >= 0.3 is 0 Å². The number of hydrogen-bond acceptors (Lipinski definition) is 3. The summed E-state index contributed by atoms with van der Waals surface area (Å²) in [7, 11) is 3.42. The minimum absolute atomic E-state index is 0.546. The minimum atomic E-state index is 0.546. The predicted octanol–water partition coefficient (Wildman–Crippen LogP) is 3.42. The highest BCUT2D eigenvalue weighted by Crippen LogP contribution is 2.34. The zero-order valence-corrected chi connectivity index (χ0v) is 15.0. The number of hydrogen-bond donors (Lipinski definition) is 2. The second kappa shape index (κ2) is 7.92. The SMILES string of the molecule is CCOc1ccc(NC(=NC)NCC2Cc3ccccc32)cc1OC. The van der Waals surface area contributed by atoms with Gasteiger partial charge in [0.25, 0.3) is 0 Å². The van der Waals surface area contributed by atoms with E-state index in [0.717, 1.165) is 30.4 Å². The Kier molecular flexibility index (Phi) is 5.43. The summed E-state index contributed by atoms with van der Waals surface area (Å²) in [5.74, 6) is 2.74. The van der Waals surface area contributed by atoms with E-state index in [1.807, 2.05) is 25.1 Å². The number of rotatable bonds is 6. The van der Waals surface area contributed by atoms with Gasteiger partial charge in [-0.2, -0.15) is 0 Å². The molecule has 1 unspecified atom stereocenters. The molecule has 5 nitrogen and oxygen atoms in total.